The summed E-state index contributed by atoms with van der Waals surface area (Å²) in [4.78, 5) is 28.4. The molecule has 3 N–H and O–H groups in total. The summed E-state index contributed by atoms with van der Waals surface area (Å²) in [6.45, 7) is 0. The van der Waals surface area contributed by atoms with Crippen LogP contribution in [0.25, 0.3) is 0 Å². The van der Waals surface area contributed by atoms with Gasteiger partial charge in [-0.1, -0.05) is 12.8 Å². The van der Waals surface area contributed by atoms with Crippen LogP contribution in [0.2, 0.25) is 0 Å². The van der Waals surface area contributed by atoms with E-state index in [0.717, 1.165) is 19.3 Å². The topological polar surface area (TPSA) is 103 Å². The number of carbonyl (C=O) groups is 2. The standard InChI is InChI=1S/C14H19N3O4/c1-17(10-6-2-3-7-11(10)18)14(21)16-9-5-4-8-15-12(9)13(19)20/h4-5,8,10-11,18H,2-3,6-7H2,1H3,(H,16,21)(H,19,20). The van der Waals surface area contributed by atoms with Crippen LogP contribution in [0.5, 0.6) is 0 Å². The van der Waals surface area contributed by atoms with Crippen LogP contribution in [0.4, 0.5) is 10.5 Å². The van der Waals surface area contributed by atoms with Crippen LogP contribution in [0.3, 0.4) is 0 Å². The van der Waals surface area contributed by atoms with Crippen molar-refractivity contribution in [3.8, 4) is 0 Å². The maximum absolute atomic E-state index is 12.2. The summed E-state index contributed by atoms with van der Waals surface area (Å²) >= 11 is 0. The zero-order valence-electron chi connectivity index (χ0n) is 11.8. The molecule has 0 bridgehead atoms. The van der Waals surface area contributed by atoms with Gasteiger partial charge in [0, 0.05) is 13.2 Å². The Morgan fingerprint density at radius 1 is 1.38 bits per heavy atom. The van der Waals surface area contributed by atoms with Crippen molar-refractivity contribution < 1.29 is 19.8 Å². The number of hydrogen-bond acceptors (Lipinski definition) is 4. The number of pyridine rings is 1. The van der Waals surface area contributed by atoms with Crippen LogP contribution in [0.15, 0.2) is 18.3 Å². The van der Waals surface area contributed by atoms with Gasteiger partial charge in [-0.25, -0.2) is 14.6 Å². The molecule has 1 aliphatic carbocycles. The molecule has 0 radical (unpaired) electrons. The van der Waals surface area contributed by atoms with E-state index in [1.165, 1.54) is 17.2 Å². The molecule has 21 heavy (non-hydrogen) atoms. The number of carboxylic acids is 1. The van der Waals surface area contributed by atoms with Crippen LogP contribution in [-0.2, 0) is 0 Å². The number of carbonyl (C=O) groups excluding carboxylic acids is 1. The van der Waals surface area contributed by atoms with Crippen molar-refractivity contribution in [3.05, 3.63) is 24.0 Å². The second kappa shape index (κ2) is 6.53. The van der Waals surface area contributed by atoms with E-state index < -0.39 is 18.1 Å². The molecule has 0 saturated heterocycles. The third-order valence-electron chi connectivity index (χ3n) is 3.76. The van der Waals surface area contributed by atoms with E-state index >= 15 is 0 Å². The summed E-state index contributed by atoms with van der Waals surface area (Å²) in [5, 5.41) is 21.6. The summed E-state index contributed by atoms with van der Waals surface area (Å²) in [7, 11) is 1.60. The molecule has 1 aromatic rings. The van der Waals surface area contributed by atoms with Crippen LogP contribution in [0, 0.1) is 0 Å². The number of rotatable bonds is 3. The lowest BCUT2D eigenvalue weighted by molar-refractivity contribution is 0.0493. The molecule has 2 unspecified atom stereocenters. The van der Waals surface area contributed by atoms with E-state index in [0.29, 0.717) is 6.42 Å². The first kappa shape index (κ1) is 15.2. The van der Waals surface area contributed by atoms with Crippen molar-refractivity contribution >= 4 is 17.7 Å². The van der Waals surface area contributed by atoms with Crippen molar-refractivity contribution in [1.29, 1.82) is 0 Å². The van der Waals surface area contributed by atoms with Gasteiger partial charge in [0.2, 0.25) is 0 Å². The predicted octanol–water partition coefficient (Wildman–Crippen LogP) is 1.55. The summed E-state index contributed by atoms with van der Waals surface area (Å²) in [6, 6.07) is 2.34. The van der Waals surface area contributed by atoms with Crippen LogP contribution < -0.4 is 5.32 Å². The first-order valence-electron chi connectivity index (χ1n) is 6.91. The van der Waals surface area contributed by atoms with Crippen molar-refractivity contribution in [2.24, 2.45) is 0 Å². The Balaban J connectivity index is 2.09. The van der Waals surface area contributed by atoms with E-state index in [1.54, 1.807) is 13.1 Å². The number of anilines is 1. The zero-order valence-corrected chi connectivity index (χ0v) is 11.8. The summed E-state index contributed by atoms with van der Waals surface area (Å²) in [5.41, 5.74) is -0.0596. The Hall–Kier alpha value is -2.15. The molecular formula is C14H19N3O4. The maximum Gasteiger partial charge on any atom is 0.356 e. The average Bonchev–Trinajstić information content (AvgIpc) is 2.47. The molecule has 1 aromatic heterocycles. The predicted molar refractivity (Wildman–Crippen MR) is 76.2 cm³/mol. The van der Waals surface area contributed by atoms with Crippen LogP contribution >= 0.6 is 0 Å². The van der Waals surface area contributed by atoms with Crippen LogP contribution in [0.1, 0.15) is 36.2 Å². The van der Waals surface area contributed by atoms with Gasteiger partial charge in [-0.05, 0) is 25.0 Å². The zero-order chi connectivity index (χ0) is 15.4. The number of likely N-dealkylation sites (N-methyl/N-ethyl adjacent to an activating group) is 1. The highest BCUT2D eigenvalue weighted by atomic mass is 16.4. The fourth-order valence-corrected chi connectivity index (χ4v) is 2.57. The minimum absolute atomic E-state index is 0.146. The Kier molecular flexibility index (Phi) is 4.74. The molecule has 1 aliphatic rings. The van der Waals surface area contributed by atoms with E-state index in [2.05, 4.69) is 10.3 Å². The third-order valence-corrected chi connectivity index (χ3v) is 3.76. The molecule has 0 aliphatic heterocycles. The molecule has 0 spiro atoms. The highest BCUT2D eigenvalue weighted by Crippen LogP contribution is 2.23. The van der Waals surface area contributed by atoms with Gasteiger partial charge in [-0.2, -0.15) is 0 Å². The second-order valence-electron chi connectivity index (χ2n) is 5.16. The number of aromatic nitrogens is 1. The molecule has 7 nitrogen and oxygen atoms in total. The normalized spacial score (nSPS) is 21.6. The van der Waals surface area contributed by atoms with E-state index in [9.17, 15) is 14.7 Å². The Bertz CT molecular complexity index is 535. The molecule has 2 amide bonds. The summed E-state index contributed by atoms with van der Waals surface area (Å²) in [6.07, 6.45) is 4.15. The van der Waals surface area contributed by atoms with Gasteiger partial charge in [0.05, 0.1) is 17.8 Å². The Morgan fingerprint density at radius 2 is 2.10 bits per heavy atom. The highest BCUT2D eigenvalue weighted by Gasteiger charge is 2.29. The molecule has 1 saturated carbocycles. The fourth-order valence-electron chi connectivity index (χ4n) is 2.57. The lowest BCUT2D eigenvalue weighted by Crippen LogP contribution is -2.48. The van der Waals surface area contributed by atoms with Gasteiger partial charge in [-0.3, -0.25) is 0 Å². The van der Waals surface area contributed by atoms with Gasteiger partial charge < -0.3 is 20.4 Å². The molecule has 2 rings (SSSR count). The van der Waals surface area contributed by atoms with Crippen molar-refractivity contribution in [3.63, 3.8) is 0 Å². The maximum atomic E-state index is 12.2. The molecule has 2 atom stereocenters. The quantitative estimate of drug-likeness (QED) is 0.784. The number of aliphatic hydroxyl groups excluding tert-OH is 1. The van der Waals surface area contributed by atoms with Gasteiger partial charge in [0.15, 0.2) is 5.69 Å². The molecule has 7 heteroatoms. The van der Waals surface area contributed by atoms with Crippen molar-refractivity contribution in [2.45, 2.75) is 37.8 Å². The summed E-state index contributed by atoms with van der Waals surface area (Å²) < 4.78 is 0. The summed E-state index contributed by atoms with van der Waals surface area (Å²) in [5.74, 6) is -1.20. The molecule has 114 valence electrons. The minimum atomic E-state index is -1.20. The molecular weight excluding hydrogens is 274 g/mol. The number of amides is 2. The lowest BCUT2D eigenvalue weighted by atomic mass is 9.92. The van der Waals surface area contributed by atoms with Crippen molar-refractivity contribution in [1.82, 2.24) is 9.88 Å². The fraction of sp³-hybridized carbons (Fsp3) is 0.500. The number of aliphatic hydroxyl groups is 1. The van der Waals surface area contributed by atoms with E-state index in [1.807, 2.05) is 0 Å². The monoisotopic (exact) mass is 293 g/mol. The number of aromatic carboxylic acids is 1. The van der Waals surface area contributed by atoms with Gasteiger partial charge in [-0.15, -0.1) is 0 Å². The van der Waals surface area contributed by atoms with Crippen molar-refractivity contribution in [2.75, 3.05) is 12.4 Å². The molecule has 1 heterocycles. The molecule has 0 aromatic carbocycles. The average molecular weight is 293 g/mol. The Labute approximate surface area is 122 Å². The van der Waals surface area contributed by atoms with Gasteiger partial charge >= 0.3 is 12.0 Å². The smallest absolute Gasteiger partial charge is 0.356 e. The number of hydrogen-bond donors (Lipinski definition) is 3. The Morgan fingerprint density at radius 3 is 2.76 bits per heavy atom. The number of nitrogens with one attached hydrogen (secondary N) is 1. The third kappa shape index (κ3) is 3.49. The van der Waals surface area contributed by atoms with Gasteiger partial charge in [0.25, 0.3) is 0 Å². The van der Waals surface area contributed by atoms with E-state index in [4.69, 9.17) is 5.11 Å². The number of urea groups is 1. The highest BCUT2D eigenvalue weighted by molar-refractivity contribution is 5.98. The number of nitrogens with zero attached hydrogens (tertiary/aromatic N) is 2. The minimum Gasteiger partial charge on any atom is -0.476 e. The SMILES string of the molecule is CN(C(=O)Nc1cccnc1C(=O)O)C1CCCCC1O. The number of carboxylic acid groups (broad SMARTS) is 1. The first-order chi connectivity index (χ1) is 10.0. The van der Waals surface area contributed by atoms with E-state index in [-0.39, 0.29) is 17.4 Å². The lowest BCUT2D eigenvalue weighted by Gasteiger charge is -2.35. The van der Waals surface area contributed by atoms with Gasteiger partial charge in [0.1, 0.15) is 0 Å². The second-order valence-corrected chi connectivity index (χ2v) is 5.16. The largest absolute Gasteiger partial charge is 0.476 e. The molecule has 1 fully saturated rings. The van der Waals surface area contributed by atoms with Crippen LogP contribution in [-0.4, -0.2) is 51.3 Å². The first-order valence-corrected chi connectivity index (χ1v) is 6.91.